The first kappa shape index (κ1) is 19.0. The first-order chi connectivity index (χ1) is 9.29. The van der Waals surface area contributed by atoms with Crippen LogP contribution in [0.25, 0.3) is 0 Å². The van der Waals surface area contributed by atoms with Crippen molar-refractivity contribution in [3.05, 3.63) is 0 Å². The number of hydrogen-bond acceptors (Lipinski definition) is 6. The number of rotatable bonds is 1. The lowest BCUT2D eigenvalue weighted by Gasteiger charge is -2.32. The first-order valence-electron chi connectivity index (χ1n) is 7.11. The molecule has 2 N–H and O–H groups in total. The molecular formula is C12H26B3O6. The molecule has 2 aliphatic rings. The molecule has 0 aliphatic carbocycles. The van der Waals surface area contributed by atoms with Crippen LogP contribution in [-0.4, -0.2) is 54.2 Å². The molecule has 119 valence electrons. The van der Waals surface area contributed by atoms with Crippen molar-refractivity contribution in [2.24, 2.45) is 0 Å². The molecule has 21 heavy (non-hydrogen) atoms. The second-order valence-electron chi connectivity index (χ2n) is 7.36. The molecule has 0 aromatic carbocycles. The summed E-state index contributed by atoms with van der Waals surface area (Å²) >= 11 is 0. The molecule has 0 unspecified atom stereocenters. The molecule has 0 aromatic rings. The van der Waals surface area contributed by atoms with Crippen molar-refractivity contribution >= 4 is 21.7 Å². The van der Waals surface area contributed by atoms with E-state index < -0.39 is 14.0 Å². The Kier molecular flexibility index (Phi) is 5.31. The molecule has 2 heterocycles. The van der Waals surface area contributed by atoms with Crippen molar-refractivity contribution in [3.63, 3.8) is 0 Å². The van der Waals surface area contributed by atoms with Crippen LogP contribution in [0.2, 0.25) is 0 Å². The van der Waals surface area contributed by atoms with E-state index in [1.165, 1.54) is 0 Å². The predicted octanol–water partition coefficient (Wildman–Crippen LogP) is 0.754. The highest BCUT2D eigenvalue weighted by Gasteiger charge is 2.63. The summed E-state index contributed by atoms with van der Waals surface area (Å²) in [6.07, 6.45) is 0. The van der Waals surface area contributed by atoms with E-state index in [2.05, 4.69) is 0 Å². The lowest BCUT2D eigenvalue weighted by molar-refractivity contribution is 0.00578. The Morgan fingerprint density at radius 2 is 0.714 bits per heavy atom. The van der Waals surface area contributed by atoms with Crippen molar-refractivity contribution < 1.29 is 28.7 Å². The van der Waals surface area contributed by atoms with E-state index in [0.717, 1.165) is 0 Å². The van der Waals surface area contributed by atoms with E-state index in [9.17, 15) is 0 Å². The standard InChI is InChI=1S/C12H24B2O4.BH2O2/c1-9(2)10(3,4)16-13(15-9)14-17-11(5,6)12(7,8)18-14;2-1-3/h1-8H3;2-3H. The van der Waals surface area contributed by atoms with Crippen molar-refractivity contribution in [3.8, 4) is 0 Å². The molecule has 0 bridgehead atoms. The molecule has 9 heteroatoms. The van der Waals surface area contributed by atoms with Crippen LogP contribution in [-0.2, 0) is 18.6 Å². The van der Waals surface area contributed by atoms with Gasteiger partial charge in [0.05, 0.1) is 22.4 Å². The fourth-order valence-electron chi connectivity index (χ4n) is 2.00. The quantitative estimate of drug-likeness (QED) is 0.696. The van der Waals surface area contributed by atoms with Gasteiger partial charge in [-0.25, -0.2) is 0 Å². The third-order valence-corrected chi connectivity index (χ3v) is 4.77. The van der Waals surface area contributed by atoms with Crippen LogP contribution in [0.1, 0.15) is 55.4 Å². The molecule has 2 fully saturated rings. The molecule has 6 nitrogen and oxygen atoms in total. The summed E-state index contributed by atoms with van der Waals surface area (Å²) in [5.74, 6) is 0. The normalized spacial score (nSPS) is 28.1. The molecule has 0 saturated carbocycles. The van der Waals surface area contributed by atoms with E-state index in [1.54, 1.807) is 0 Å². The summed E-state index contributed by atoms with van der Waals surface area (Å²) in [5.41, 5.74) is -1.44. The van der Waals surface area contributed by atoms with E-state index in [4.69, 9.17) is 28.7 Å². The van der Waals surface area contributed by atoms with Crippen LogP contribution in [0.15, 0.2) is 0 Å². The van der Waals surface area contributed by atoms with Crippen LogP contribution >= 0.6 is 0 Å². The molecular weight excluding hydrogens is 273 g/mol. The Morgan fingerprint density at radius 3 is 0.857 bits per heavy atom. The molecule has 0 aromatic heterocycles. The summed E-state index contributed by atoms with van der Waals surface area (Å²) in [6, 6.07) is 0. The Balaban J connectivity index is 0.000000677. The average molecular weight is 299 g/mol. The van der Waals surface area contributed by atoms with Crippen molar-refractivity contribution in [2.75, 3.05) is 0 Å². The predicted molar refractivity (Wildman–Crippen MR) is 82.4 cm³/mol. The third-order valence-electron chi connectivity index (χ3n) is 4.77. The average Bonchev–Trinajstić information content (AvgIpc) is 2.59. The van der Waals surface area contributed by atoms with Crippen molar-refractivity contribution in [1.82, 2.24) is 0 Å². The number of hydrogen-bond donors (Lipinski definition) is 2. The first-order valence-corrected chi connectivity index (χ1v) is 7.11. The van der Waals surface area contributed by atoms with Gasteiger partial charge in [0.15, 0.2) is 0 Å². The van der Waals surface area contributed by atoms with Crippen LogP contribution in [0.4, 0.5) is 0 Å². The Labute approximate surface area is 129 Å². The SMILES string of the molecule is CC1(C)OB(B2OC(C)(C)C(C)(C)O2)OC1(C)C.O[B]O. The molecule has 2 rings (SSSR count). The van der Waals surface area contributed by atoms with Gasteiger partial charge in [-0.15, -0.1) is 0 Å². The Bertz CT molecular complexity index is 306. The summed E-state index contributed by atoms with van der Waals surface area (Å²) in [7, 11) is -0.952. The van der Waals surface area contributed by atoms with Crippen molar-refractivity contribution in [1.29, 1.82) is 0 Å². The summed E-state index contributed by atoms with van der Waals surface area (Å²) < 4.78 is 23.8. The zero-order valence-corrected chi connectivity index (χ0v) is 14.3. The Morgan fingerprint density at radius 1 is 0.571 bits per heavy atom. The topological polar surface area (TPSA) is 77.4 Å². The molecule has 0 atom stereocenters. The van der Waals surface area contributed by atoms with Crippen LogP contribution in [0.3, 0.4) is 0 Å². The fourth-order valence-corrected chi connectivity index (χ4v) is 2.00. The molecule has 2 saturated heterocycles. The van der Waals surface area contributed by atoms with Crippen LogP contribution in [0, 0.1) is 0 Å². The van der Waals surface area contributed by atoms with Gasteiger partial charge < -0.3 is 28.7 Å². The minimum atomic E-state index is -0.476. The van der Waals surface area contributed by atoms with Gasteiger partial charge >= 0.3 is 21.7 Å². The van der Waals surface area contributed by atoms with Gasteiger partial charge in [0.1, 0.15) is 0 Å². The second-order valence-corrected chi connectivity index (χ2v) is 7.36. The van der Waals surface area contributed by atoms with Gasteiger partial charge in [-0.2, -0.15) is 0 Å². The van der Waals surface area contributed by atoms with E-state index in [-0.39, 0.29) is 30.1 Å². The lowest BCUT2D eigenvalue weighted by Crippen LogP contribution is -2.41. The second kappa shape index (κ2) is 5.87. The fraction of sp³-hybridized carbons (Fsp3) is 1.00. The van der Waals surface area contributed by atoms with Gasteiger partial charge in [0, 0.05) is 0 Å². The summed E-state index contributed by atoms with van der Waals surface area (Å²) in [5, 5.41) is 14.0. The Hall–Kier alpha value is -0.0452. The van der Waals surface area contributed by atoms with Gasteiger partial charge in [-0.3, -0.25) is 0 Å². The zero-order valence-electron chi connectivity index (χ0n) is 14.3. The highest BCUT2D eigenvalue weighted by molar-refractivity contribution is 7.11. The monoisotopic (exact) mass is 299 g/mol. The smallest absolute Gasteiger partial charge is 0.429 e. The molecule has 2 aliphatic heterocycles. The molecule has 0 amide bonds. The molecule has 1 radical (unpaired) electrons. The highest BCUT2D eigenvalue weighted by atomic mass is 16.7. The minimum absolute atomic E-state index is 0. The maximum Gasteiger partial charge on any atom is 0.488 e. The van der Waals surface area contributed by atoms with Gasteiger partial charge in [0.25, 0.3) is 0 Å². The maximum absolute atomic E-state index is 7.00. The van der Waals surface area contributed by atoms with Gasteiger partial charge in [-0.05, 0) is 55.4 Å². The van der Waals surface area contributed by atoms with Gasteiger partial charge in [0.2, 0.25) is 0 Å². The summed E-state index contributed by atoms with van der Waals surface area (Å²) in [4.78, 5) is 0. The maximum atomic E-state index is 7.00. The van der Waals surface area contributed by atoms with Crippen molar-refractivity contribution in [2.45, 2.75) is 77.8 Å². The highest BCUT2D eigenvalue weighted by Crippen LogP contribution is 2.42. The van der Waals surface area contributed by atoms with E-state index >= 15 is 0 Å². The van der Waals surface area contributed by atoms with Gasteiger partial charge in [-0.1, -0.05) is 0 Å². The van der Waals surface area contributed by atoms with Crippen LogP contribution in [0.5, 0.6) is 0 Å². The van der Waals surface area contributed by atoms with Crippen LogP contribution < -0.4 is 0 Å². The van der Waals surface area contributed by atoms with E-state index in [1.807, 2.05) is 55.4 Å². The third kappa shape index (κ3) is 3.65. The minimum Gasteiger partial charge on any atom is -0.429 e. The molecule has 0 spiro atoms. The summed E-state index contributed by atoms with van der Waals surface area (Å²) in [6.45, 7) is 16.2. The van der Waals surface area contributed by atoms with E-state index in [0.29, 0.717) is 0 Å². The largest absolute Gasteiger partial charge is 0.488 e. The zero-order chi connectivity index (χ0) is 16.7. The lowest BCUT2D eigenvalue weighted by atomic mass is 9.49.